The highest BCUT2D eigenvalue weighted by Gasteiger charge is 2.36. The first-order chi connectivity index (χ1) is 18.5. The first-order valence-electron chi connectivity index (χ1n) is 13.3. The van der Waals surface area contributed by atoms with E-state index in [0.29, 0.717) is 29.4 Å². The summed E-state index contributed by atoms with van der Waals surface area (Å²) in [4.78, 5) is 27.2. The molecule has 0 spiro atoms. The van der Waals surface area contributed by atoms with Gasteiger partial charge in [-0.3, -0.25) is 13.9 Å². The molecule has 0 amide bonds. The van der Waals surface area contributed by atoms with E-state index in [-0.39, 0.29) is 41.8 Å². The molecule has 1 fully saturated rings. The van der Waals surface area contributed by atoms with Gasteiger partial charge < -0.3 is 9.84 Å². The number of halogens is 2. The predicted octanol–water partition coefficient (Wildman–Crippen LogP) is 4.79. The second-order valence-corrected chi connectivity index (χ2v) is 14.1. The smallest absolute Gasteiger partial charge is 0.334 e. The number of fused-ring (bicyclic) bond motifs is 1. The van der Waals surface area contributed by atoms with Crippen LogP contribution < -0.4 is 10.4 Å². The number of nitrogens with zero attached hydrogens (tertiary/aromatic N) is 2. The standard InChI is InChI=1S/C29H36F2N2O6S/c1-18(30)17-39-21-7-8-22(31)24(15-21)33-23-9-6-20(14-25(23)32(27(33)35)19(2)28(3,4)36)26(34)16-29(5)10-12-40(37,38)13-11-29/h6-9,14-15,18-19,36H,10-13,16-17H2,1-5H3/t18?,19-/m0/s1. The molecule has 0 bridgehead atoms. The molecule has 40 heavy (non-hydrogen) atoms. The predicted molar refractivity (Wildman–Crippen MR) is 150 cm³/mol. The molecule has 0 aliphatic carbocycles. The van der Waals surface area contributed by atoms with Crippen LogP contribution in [0.4, 0.5) is 8.78 Å². The molecule has 2 heterocycles. The Hall–Kier alpha value is -3.05. The van der Waals surface area contributed by atoms with Crippen LogP contribution >= 0.6 is 0 Å². The van der Waals surface area contributed by atoms with Crippen LogP contribution in [0, 0.1) is 11.2 Å². The van der Waals surface area contributed by atoms with E-state index in [9.17, 15) is 27.5 Å². The molecule has 218 valence electrons. The Bertz CT molecular complexity index is 1590. The van der Waals surface area contributed by atoms with E-state index in [1.807, 2.05) is 6.92 Å². The van der Waals surface area contributed by atoms with Crippen LogP contribution in [0.1, 0.15) is 70.3 Å². The average Bonchev–Trinajstić information content (AvgIpc) is 3.15. The zero-order valence-electron chi connectivity index (χ0n) is 23.4. The number of ether oxygens (including phenoxy) is 1. The van der Waals surface area contributed by atoms with E-state index < -0.39 is 44.6 Å². The van der Waals surface area contributed by atoms with Crippen LogP contribution in [0.25, 0.3) is 16.7 Å². The molecule has 3 aromatic rings. The van der Waals surface area contributed by atoms with Gasteiger partial charge in [-0.1, -0.05) is 6.92 Å². The van der Waals surface area contributed by atoms with E-state index in [1.54, 1.807) is 39.0 Å². The first-order valence-corrected chi connectivity index (χ1v) is 15.1. The highest BCUT2D eigenvalue weighted by molar-refractivity contribution is 7.91. The van der Waals surface area contributed by atoms with Crippen molar-refractivity contribution in [2.45, 2.75) is 71.7 Å². The molecule has 11 heteroatoms. The van der Waals surface area contributed by atoms with Gasteiger partial charge in [0, 0.05) is 18.1 Å². The lowest BCUT2D eigenvalue weighted by Crippen LogP contribution is -2.37. The lowest BCUT2D eigenvalue weighted by Gasteiger charge is -2.32. The Kier molecular flexibility index (Phi) is 8.03. The van der Waals surface area contributed by atoms with Gasteiger partial charge in [0.15, 0.2) is 5.78 Å². The van der Waals surface area contributed by atoms with Crippen molar-refractivity contribution in [2.24, 2.45) is 5.41 Å². The summed E-state index contributed by atoms with van der Waals surface area (Å²) in [5.74, 6) is -0.648. The number of carbonyl (C=O) groups is 1. The minimum absolute atomic E-state index is 0.0416. The largest absolute Gasteiger partial charge is 0.490 e. The number of rotatable bonds is 9. The van der Waals surface area contributed by atoms with E-state index in [0.717, 1.165) is 10.6 Å². The number of carbonyl (C=O) groups excluding carboxylic acids is 1. The number of aromatic nitrogens is 2. The quantitative estimate of drug-likeness (QED) is 0.366. The van der Waals surface area contributed by atoms with Gasteiger partial charge in [0.2, 0.25) is 0 Å². The second-order valence-electron chi connectivity index (χ2n) is 11.8. The van der Waals surface area contributed by atoms with Crippen molar-refractivity contribution < 1.29 is 31.8 Å². The highest BCUT2D eigenvalue weighted by atomic mass is 32.2. The van der Waals surface area contributed by atoms with Crippen LogP contribution in [-0.2, 0) is 9.84 Å². The SMILES string of the molecule is CC(F)COc1ccc(F)c(-n2c(=O)n([C@@H](C)C(C)(C)O)c3cc(C(=O)CC4(C)CCS(=O)(=O)CC4)ccc32)c1. The van der Waals surface area contributed by atoms with Gasteiger partial charge in [-0.2, -0.15) is 0 Å². The van der Waals surface area contributed by atoms with Crippen LogP contribution in [0.5, 0.6) is 5.75 Å². The summed E-state index contributed by atoms with van der Waals surface area (Å²) in [6, 6.07) is 7.71. The molecule has 1 unspecified atom stereocenters. The Labute approximate surface area is 232 Å². The number of Topliss-reactive ketones (excluding diaryl/α,β-unsaturated/α-hetero) is 1. The van der Waals surface area contributed by atoms with Crippen LogP contribution in [0.2, 0.25) is 0 Å². The molecular formula is C29H36F2N2O6S. The van der Waals surface area contributed by atoms with Crippen molar-refractivity contribution in [3.05, 3.63) is 58.3 Å². The molecule has 8 nitrogen and oxygen atoms in total. The molecule has 1 aliphatic rings. The van der Waals surface area contributed by atoms with Crippen molar-refractivity contribution in [3.8, 4) is 11.4 Å². The zero-order chi connectivity index (χ0) is 29.6. The van der Waals surface area contributed by atoms with Crippen LogP contribution in [0.15, 0.2) is 41.2 Å². The van der Waals surface area contributed by atoms with Crippen molar-refractivity contribution in [2.75, 3.05) is 18.1 Å². The van der Waals surface area contributed by atoms with E-state index >= 15 is 4.39 Å². The van der Waals surface area contributed by atoms with Gasteiger partial charge in [-0.25, -0.2) is 22.0 Å². The van der Waals surface area contributed by atoms with Gasteiger partial charge in [-0.15, -0.1) is 0 Å². The summed E-state index contributed by atoms with van der Waals surface area (Å²) in [6.45, 7) is 7.74. The van der Waals surface area contributed by atoms with Crippen molar-refractivity contribution >= 4 is 26.7 Å². The Morgan fingerprint density at radius 3 is 2.38 bits per heavy atom. The van der Waals surface area contributed by atoms with Gasteiger partial charge in [-0.05, 0) is 76.3 Å². The minimum Gasteiger partial charge on any atom is -0.490 e. The molecule has 1 aromatic heterocycles. The van der Waals surface area contributed by atoms with Crippen LogP contribution in [-0.4, -0.2) is 58.3 Å². The molecule has 2 atom stereocenters. The summed E-state index contributed by atoms with van der Waals surface area (Å²) in [5, 5.41) is 10.8. The molecule has 0 radical (unpaired) electrons. The van der Waals surface area contributed by atoms with Crippen LogP contribution in [0.3, 0.4) is 0 Å². The van der Waals surface area contributed by atoms with Gasteiger partial charge in [0.05, 0.1) is 39.9 Å². The van der Waals surface area contributed by atoms with E-state index in [1.165, 1.54) is 23.6 Å². The second kappa shape index (κ2) is 10.7. The van der Waals surface area contributed by atoms with Crippen molar-refractivity contribution in [1.82, 2.24) is 9.13 Å². The number of hydrogen-bond donors (Lipinski definition) is 1. The molecule has 0 saturated carbocycles. The maximum absolute atomic E-state index is 15.1. The van der Waals surface area contributed by atoms with Crippen molar-refractivity contribution in [1.29, 1.82) is 0 Å². The monoisotopic (exact) mass is 578 g/mol. The maximum Gasteiger partial charge on any atom is 0.334 e. The number of alkyl halides is 1. The fourth-order valence-electron chi connectivity index (χ4n) is 4.98. The van der Waals surface area contributed by atoms with Crippen molar-refractivity contribution in [3.63, 3.8) is 0 Å². The normalized spacial score (nSPS) is 18.4. The number of benzene rings is 2. The zero-order valence-corrected chi connectivity index (χ0v) is 24.2. The lowest BCUT2D eigenvalue weighted by molar-refractivity contribution is 0.0307. The summed E-state index contributed by atoms with van der Waals surface area (Å²) in [6.07, 6.45) is -0.332. The third-order valence-corrected chi connectivity index (χ3v) is 9.52. The number of hydrogen-bond acceptors (Lipinski definition) is 6. The van der Waals surface area contributed by atoms with E-state index in [4.69, 9.17) is 4.74 Å². The third kappa shape index (κ3) is 6.15. The Morgan fingerprint density at radius 2 is 1.77 bits per heavy atom. The summed E-state index contributed by atoms with van der Waals surface area (Å²) >= 11 is 0. The maximum atomic E-state index is 15.1. The molecular weight excluding hydrogens is 542 g/mol. The third-order valence-electron chi connectivity index (χ3n) is 7.86. The highest BCUT2D eigenvalue weighted by Crippen LogP contribution is 2.37. The molecule has 1 N–H and O–H groups in total. The number of ketones is 1. The molecule has 1 aliphatic heterocycles. The van der Waals surface area contributed by atoms with Gasteiger partial charge >= 0.3 is 5.69 Å². The average molecular weight is 579 g/mol. The molecule has 4 rings (SSSR count). The first kappa shape index (κ1) is 29.9. The fourth-order valence-corrected chi connectivity index (χ4v) is 6.79. The van der Waals surface area contributed by atoms with Gasteiger partial charge in [0.1, 0.15) is 34.2 Å². The minimum atomic E-state index is -3.09. The fraction of sp³-hybridized carbons (Fsp3) is 0.517. The Morgan fingerprint density at radius 1 is 1.12 bits per heavy atom. The number of sulfone groups is 1. The number of aliphatic hydroxyl groups is 1. The summed E-state index contributed by atoms with van der Waals surface area (Å²) < 4.78 is 60.1. The van der Waals surface area contributed by atoms with Gasteiger partial charge in [0.25, 0.3) is 0 Å². The number of imidazole rings is 1. The Balaban J connectivity index is 1.82. The summed E-state index contributed by atoms with van der Waals surface area (Å²) in [7, 11) is -3.09. The molecule has 2 aromatic carbocycles. The topological polar surface area (TPSA) is 108 Å². The lowest BCUT2D eigenvalue weighted by atomic mass is 9.78. The van der Waals surface area contributed by atoms with E-state index in [2.05, 4.69) is 0 Å². The summed E-state index contributed by atoms with van der Waals surface area (Å²) in [5.41, 5.74) is -1.60. The molecule has 1 saturated heterocycles.